The van der Waals surface area contributed by atoms with Crippen LogP contribution in [0.5, 0.6) is 0 Å². The van der Waals surface area contributed by atoms with E-state index in [1.165, 1.54) is 24.8 Å². The van der Waals surface area contributed by atoms with Gasteiger partial charge in [0.15, 0.2) is 5.96 Å². The molecule has 5 nitrogen and oxygen atoms in total. The highest BCUT2D eigenvalue weighted by molar-refractivity contribution is 14.0. The first-order valence-corrected chi connectivity index (χ1v) is 7.76. The topological polar surface area (TPSA) is 68.2 Å². The largest absolute Gasteiger partial charge is 0.370 e. The molecule has 1 heterocycles. The molecule has 1 aliphatic carbocycles. The first-order chi connectivity index (χ1) is 10.3. The third-order valence-electron chi connectivity index (χ3n) is 4.15. The van der Waals surface area contributed by atoms with Crippen LogP contribution in [0, 0.1) is 5.92 Å². The second-order valence-electron chi connectivity index (χ2n) is 5.73. The van der Waals surface area contributed by atoms with Gasteiger partial charge >= 0.3 is 0 Å². The molecule has 0 saturated heterocycles. The zero-order valence-electron chi connectivity index (χ0n) is 12.7. The lowest BCUT2D eigenvalue weighted by atomic mass is 9.86. The van der Waals surface area contributed by atoms with E-state index >= 15 is 0 Å². The fourth-order valence-electron chi connectivity index (χ4n) is 2.61. The van der Waals surface area contributed by atoms with E-state index in [2.05, 4.69) is 25.9 Å². The van der Waals surface area contributed by atoms with Gasteiger partial charge in [0.25, 0.3) is 0 Å². The van der Waals surface area contributed by atoms with Crippen LogP contribution in [0.2, 0.25) is 0 Å². The van der Waals surface area contributed by atoms with Gasteiger partial charge in [0, 0.05) is 19.6 Å². The maximum absolute atomic E-state index is 5.87. The van der Waals surface area contributed by atoms with Crippen molar-refractivity contribution >= 4 is 41.0 Å². The number of aliphatic imine (C=N–C) groups is 1. The molecule has 6 heteroatoms. The monoisotopic (exact) mass is 413 g/mol. The fraction of sp³-hybridized carbons (Fsp3) is 0.500. The van der Waals surface area contributed by atoms with Crippen LogP contribution in [0.1, 0.15) is 25.7 Å². The molecule has 2 aromatic rings. The Labute approximate surface area is 148 Å². The van der Waals surface area contributed by atoms with Crippen molar-refractivity contribution in [2.24, 2.45) is 16.6 Å². The number of hydrogen-bond donors (Lipinski definition) is 2. The minimum Gasteiger partial charge on any atom is -0.370 e. The Morgan fingerprint density at radius 2 is 2.18 bits per heavy atom. The summed E-state index contributed by atoms with van der Waals surface area (Å²) in [5.41, 5.74) is 8.10. The van der Waals surface area contributed by atoms with Crippen molar-refractivity contribution < 1.29 is 0 Å². The summed E-state index contributed by atoms with van der Waals surface area (Å²) in [6, 6.07) is 8.20. The molecule has 0 amide bonds. The van der Waals surface area contributed by atoms with E-state index in [0.717, 1.165) is 37.5 Å². The average molecular weight is 413 g/mol. The zero-order chi connectivity index (χ0) is 14.5. The van der Waals surface area contributed by atoms with Crippen LogP contribution in [0.3, 0.4) is 0 Å². The number of nitrogens with one attached hydrogen (secondary N) is 1. The summed E-state index contributed by atoms with van der Waals surface area (Å²) < 4.78 is 2.18. The summed E-state index contributed by atoms with van der Waals surface area (Å²) in [4.78, 5) is 8.79. The Hall–Kier alpha value is -1.31. The summed E-state index contributed by atoms with van der Waals surface area (Å²) in [7, 11) is 0. The van der Waals surface area contributed by atoms with Gasteiger partial charge in [-0.1, -0.05) is 18.6 Å². The molecule has 0 radical (unpaired) electrons. The molecule has 0 bridgehead atoms. The summed E-state index contributed by atoms with van der Waals surface area (Å²) in [5, 5.41) is 3.19. The molecule has 120 valence electrons. The number of nitrogens with zero attached hydrogens (tertiary/aromatic N) is 3. The van der Waals surface area contributed by atoms with E-state index in [0.29, 0.717) is 5.96 Å². The number of benzene rings is 1. The molecule has 22 heavy (non-hydrogen) atoms. The van der Waals surface area contributed by atoms with E-state index in [9.17, 15) is 0 Å². The number of aryl methyl sites for hydroxylation is 1. The molecular weight excluding hydrogens is 389 g/mol. The highest BCUT2D eigenvalue weighted by Gasteiger charge is 2.16. The van der Waals surface area contributed by atoms with Crippen LogP contribution in [-0.2, 0) is 6.54 Å². The van der Waals surface area contributed by atoms with E-state index in [1.807, 2.05) is 24.5 Å². The van der Waals surface area contributed by atoms with Crippen LogP contribution in [0.4, 0.5) is 0 Å². The predicted octanol–water partition coefficient (Wildman–Crippen LogP) is 2.75. The van der Waals surface area contributed by atoms with E-state index < -0.39 is 0 Å². The van der Waals surface area contributed by atoms with Crippen molar-refractivity contribution in [1.29, 1.82) is 0 Å². The number of nitrogens with two attached hydrogens (primary N) is 1. The molecule has 1 aromatic heterocycles. The first kappa shape index (κ1) is 17.1. The number of guanidine groups is 1. The Balaban J connectivity index is 0.00000176. The third-order valence-corrected chi connectivity index (χ3v) is 4.15. The Bertz CT molecular complexity index is 618. The van der Waals surface area contributed by atoms with E-state index in [4.69, 9.17) is 5.73 Å². The van der Waals surface area contributed by atoms with Crippen molar-refractivity contribution in [3.63, 3.8) is 0 Å². The Morgan fingerprint density at radius 3 is 2.95 bits per heavy atom. The number of halogens is 1. The molecule has 1 saturated carbocycles. The van der Waals surface area contributed by atoms with Crippen LogP contribution in [0.15, 0.2) is 35.6 Å². The van der Waals surface area contributed by atoms with Gasteiger partial charge in [-0.25, -0.2) is 4.98 Å². The quantitative estimate of drug-likeness (QED) is 0.331. The molecule has 1 aliphatic rings. The number of hydrogen-bond acceptors (Lipinski definition) is 2. The van der Waals surface area contributed by atoms with Crippen molar-refractivity contribution in [2.45, 2.75) is 32.2 Å². The van der Waals surface area contributed by atoms with E-state index in [-0.39, 0.29) is 24.0 Å². The molecule has 0 aliphatic heterocycles. The molecule has 0 unspecified atom stereocenters. The van der Waals surface area contributed by atoms with Crippen LogP contribution < -0.4 is 11.1 Å². The van der Waals surface area contributed by atoms with Crippen LogP contribution >= 0.6 is 24.0 Å². The van der Waals surface area contributed by atoms with Crippen molar-refractivity contribution in [2.75, 3.05) is 13.1 Å². The van der Waals surface area contributed by atoms with E-state index in [1.54, 1.807) is 0 Å². The maximum atomic E-state index is 5.87. The Morgan fingerprint density at radius 1 is 1.36 bits per heavy atom. The number of imidazole rings is 1. The van der Waals surface area contributed by atoms with Gasteiger partial charge in [-0.15, -0.1) is 24.0 Å². The smallest absolute Gasteiger partial charge is 0.188 e. The van der Waals surface area contributed by atoms with Crippen molar-refractivity contribution in [3.05, 3.63) is 30.6 Å². The molecular formula is C16H24IN5. The minimum atomic E-state index is 0. The van der Waals surface area contributed by atoms with Gasteiger partial charge in [0.05, 0.1) is 17.4 Å². The summed E-state index contributed by atoms with van der Waals surface area (Å²) >= 11 is 0. The normalized spacial score (nSPS) is 15.4. The highest BCUT2D eigenvalue weighted by atomic mass is 127. The predicted molar refractivity (Wildman–Crippen MR) is 102 cm³/mol. The van der Waals surface area contributed by atoms with Crippen LogP contribution in [-0.4, -0.2) is 28.6 Å². The second kappa shape index (κ2) is 8.36. The van der Waals surface area contributed by atoms with Crippen molar-refractivity contribution in [1.82, 2.24) is 14.9 Å². The van der Waals surface area contributed by atoms with Gasteiger partial charge in [-0.05, 0) is 37.3 Å². The first-order valence-electron chi connectivity index (χ1n) is 7.76. The summed E-state index contributed by atoms with van der Waals surface area (Å²) in [6.45, 7) is 2.65. The highest BCUT2D eigenvalue weighted by Crippen LogP contribution is 2.26. The zero-order valence-corrected chi connectivity index (χ0v) is 15.1. The summed E-state index contributed by atoms with van der Waals surface area (Å²) in [5.74, 6) is 1.35. The van der Waals surface area contributed by atoms with Crippen molar-refractivity contribution in [3.8, 4) is 0 Å². The van der Waals surface area contributed by atoms with Gasteiger partial charge in [-0.2, -0.15) is 0 Å². The lowest BCUT2D eigenvalue weighted by Gasteiger charge is -2.23. The number of fused-ring (bicyclic) bond motifs is 1. The average Bonchev–Trinajstić information content (AvgIpc) is 2.85. The maximum Gasteiger partial charge on any atom is 0.188 e. The van der Waals surface area contributed by atoms with Crippen LogP contribution in [0.25, 0.3) is 11.0 Å². The molecule has 3 N–H and O–H groups in total. The third kappa shape index (κ3) is 4.34. The lowest BCUT2D eigenvalue weighted by molar-refractivity contribution is 0.326. The molecule has 0 atom stereocenters. The molecule has 3 rings (SSSR count). The second-order valence-corrected chi connectivity index (χ2v) is 5.73. The SMILES string of the molecule is I.NC(=NCC1CCC1)NCCCn1cnc2ccccc21. The summed E-state index contributed by atoms with van der Waals surface area (Å²) in [6.07, 6.45) is 6.88. The van der Waals surface area contributed by atoms with Gasteiger partial charge in [0.1, 0.15) is 0 Å². The number of para-hydroxylation sites is 2. The van der Waals surface area contributed by atoms with Gasteiger partial charge in [-0.3, -0.25) is 4.99 Å². The lowest BCUT2D eigenvalue weighted by Crippen LogP contribution is -2.33. The molecule has 0 spiro atoms. The fourth-order valence-corrected chi connectivity index (χ4v) is 2.61. The standard InChI is InChI=1S/C16H23N5.HI/c17-16(19-11-13-5-3-6-13)18-9-4-10-21-12-20-14-7-1-2-8-15(14)21;/h1-2,7-8,12-13H,3-6,9-11H2,(H3,17,18,19);1H. The molecule has 1 fully saturated rings. The Kier molecular flexibility index (Phi) is 6.48. The number of rotatable bonds is 6. The van der Waals surface area contributed by atoms with Gasteiger partial charge < -0.3 is 15.6 Å². The van der Waals surface area contributed by atoms with Gasteiger partial charge in [0.2, 0.25) is 0 Å². The molecule has 1 aromatic carbocycles. The number of aromatic nitrogens is 2. The minimum absolute atomic E-state index is 0.